The zero-order chi connectivity index (χ0) is 8.74. The van der Waals surface area contributed by atoms with Gasteiger partial charge in [-0.25, -0.2) is 0 Å². The van der Waals surface area contributed by atoms with Crippen molar-refractivity contribution in [2.45, 2.75) is 32.6 Å². The Morgan fingerprint density at radius 1 is 1.25 bits per heavy atom. The number of quaternary nitrogens is 1. The first-order valence-corrected chi connectivity index (χ1v) is 5.23. The molecule has 0 bridgehead atoms. The SMILES string of the molecule is CCCCCCS(=O)(=O)OF.[NH4+]. The molecule has 0 unspecified atom stereocenters. The average Bonchev–Trinajstić information content (AvgIpc) is 1.99. The van der Waals surface area contributed by atoms with Crippen molar-refractivity contribution in [2.75, 3.05) is 5.75 Å². The summed E-state index contributed by atoms with van der Waals surface area (Å²) in [6.45, 7) is 2.01. The first-order valence-electron chi connectivity index (χ1n) is 3.65. The van der Waals surface area contributed by atoms with Gasteiger partial charge in [0.05, 0.1) is 5.75 Å². The molecule has 0 heterocycles. The van der Waals surface area contributed by atoms with Crippen LogP contribution in [0.3, 0.4) is 0 Å². The van der Waals surface area contributed by atoms with Crippen LogP contribution in [0.2, 0.25) is 0 Å². The van der Waals surface area contributed by atoms with Gasteiger partial charge in [0, 0.05) is 0 Å². The third-order valence-electron chi connectivity index (χ3n) is 1.34. The molecule has 0 spiro atoms. The van der Waals surface area contributed by atoms with Gasteiger partial charge in [-0.3, -0.25) is 0 Å². The molecule has 6 heteroatoms. The topological polar surface area (TPSA) is 79.9 Å². The van der Waals surface area contributed by atoms with Crippen molar-refractivity contribution in [1.29, 1.82) is 0 Å². The lowest BCUT2D eigenvalue weighted by Gasteiger charge is -1.96. The number of rotatable bonds is 6. The molecule has 76 valence electrons. The van der Waals surface area contributed by atoms with E-state index in [1.165, 1.54) is 0 Å². The van der Waals surface area contributed by atoms with Crippen LogP contribution in [0.5, 0.6) is 0 Å². The number of halogens is 1. The molecule has 0 amide bonds. The molecule has 0 aliphatic rings. The first kappa shape index (κ1) is 14.3. The lowest BCUT2D eigenvalue weighted by molar-refractivity contribution is 0.00288. The van der Waals surface area contributed by atoms with E-state index in [9.17, 15) is 12.9 Å². The van der Waals surface area contributed by atoms with Crippen molar-refractivity contribution in [3.8, 4) is 0 Å². The monoisotopic (exact) mass is 202 g/mol. The fraction of sp³-hybridized carbons (Fsp3) is 1.00. The molecule has 4 N–H and O–H groups in total. The smallest absolute Gasteiger partial charge is 0.297 e. The summed E-state index contributed by atoms with van der Waals surface area (Å²) >= 11 is 0. The Kier molecular flexibility index (Phi) is 8.90. The Balaban J connectivity index is 0. The van der Waals surface area contributed by atoms with Crippen LogP contribution in [0, 0.1) is 0 Å². The average molecular weight is 202 g/mol. The van der Waals surface area contributed by atoms with Crippen molar-refractivity contribution in [3.05, 3.63) is 0 Å². The summed E-state index contributed by atoms with van der Waals surface area (Å²) < 4.78 is 34.7. The van der Waals surface area contributed by atoms with Crippen molar-refractivity contribution in [2.24, 2.45) is 0 Å². The molecule has 12 heavy (non-hydrogen) atoms. The summed E-state index contributed by atoms with van der Waals surface area (Å²) in [7, 11) is -3.87. The minimum Gasteiger partial charge on any atom is -0.369 e. The van der Waals surface area contributed by atoms with E-state index in [4.69, 9.17) is 0 Å². The predicted molar refractivity (Wildman–Crippen MR) is 46.1 cm³/mol. The summed E-state index contributed by atoms with van der Waals surface area (Å²) in [5.41, 5.74) is 0. The molecule has 0 aromatic rings. The Morgan fingerprint density at radius 2 is 1.83 bits per heavy atom. The van der Waals surface area contributed by atoms with Gasteiger partial charge >= 0.3 is 0 Å². The molecule has 0 aromatic carbocycles. The lowest BCUT2D eigenvalue weighted by Crippen LogP contribution is -2.05. The van der Waals surface area contributed by atoms with Crippen LogP contribution in [0.15, 0.2) is 0 Å². The molecule has 0 saturated heterocycles. The van der Waals surface area contributed by atoms with Crippen LogP contribution < -0.4 is 6.15 Å². The van der Waals surface area contributed by atoms with E-state index >= 15 is 0 Å². The highest BCUT2D eigenvalue weighted by molar-refractivity contribution is 7.86. The molecular weight excluding hydrogens is 185 g/mol. The van der Waals surface area contributed by atoms with Crippen molar-refractivity contribution >= 4 is 10.1 Å². The molecule has 4 nitrogen and oxygen atoms in total. The van der Waals surface area contributed by atoms with Gasteiger partial charge in [-0.1, -0.05) is 30.6 Å². The summed E-state index contributed by atoms with van der Waals surface area (Å²) in [5.74, 6) is -0.219. The van der Waals surface area contributed by atoms with Gasteiger partial charge in [0.2, 0.25) is 0 Å². The van der Waals surface area contributed by atoms with Crippen LogP contribution in [0.1, 0.15) is 32.6 Å². The van der Waals surface area contributed by atoms with Crippen LogP contribution in [-0.2, 0) is 14.5 Å². The van der Waals surface area contributed by atoms with Crippen LogP contribution in [0.4, 0.5) is 4.53 Å². The van der Waals surface area contributed by atoms with Crippen LogP contribution >= 0.6 is 0 Å². The summed E-state index contributed by atoms with van der Waals surface area (Å²) in [4.78, 5) is 0. The quantitative estimate of drug-likeness (QED) is 0.670. The number of unbranched alkanes of at least 4 members (excludes halogenated alkanes) is 3. The zero-order valence-electron chi connectivity index (χ0n) is 7.55. The highest BCUT2D eigenvalue weighted by atomic mass is 32.2. The van der Waals surface area contributed by atoms with Gasteiger partial charge in [-0.2, -0.15) is 8.42 Å². The third kappa shape index (κ3) is 7.90. The van der Waals surface area contributed by atoms with Crippen LogP contribution in [-0.4, -0.2) is 14.2 Å². The van der Waals surface area contributed by atoms with Gasteiger partial charge in [-0.05, 0) is 10.9 Å². The maximum Gasteiger partial charge on any atom is 0.297 e. The number of hydrogen-bond donors (Lipinski definition) is 1. The van der Waals surface area contributed by atoms with Gasteiger partial charge in [0.15, 0.2) is 0 Å². The van der Waals surface area contributed by atoms with E-state index in [-0.39, 0.29) is 11.9 Å². The molecule has 0 atom stereocenters. The van der Waals surface area contributed by atoms with Gasteiger partial charge in [0.25, 0.3) is 10.1 Å². The molecule has 0 aromatic heterocycles. The maximum atomic E-state index is 11.2. The molecule has 0 saturated carbocycles. The second-order valence-corrected chi connectivity index (χ2v) is 4.04. The van der Waals surface area contributed by atoms with E-state index in [1.807, 2.05) is 6.92 Å². The summed E-state index contributed by atoms with van der Waals surface area (Å²) in [6, 6.07) is 0. The number of hydrogen-bond acceptors (Lipinski definition) is 3. The van der Waals surface area contributed by atoms with Gasteiger partial charge in [-0.15, -0.1) is 0 Å². The predicted octanol–water partition coefficient (Wildman–Crippen LogP) is 2.17. The molecule has 0 fully saturated rings. The second-order valence-electron chi connectivity index (χ2n) is 2.39. The maximum absolute atomic E-state index is 11.2. The minimum absolute atomic E-state index is 0. The largest absolute Gasteiger partial charge is 0.369 e. The van der Waals surface area contributed by atoms with E-state index in [0.29, 0.717) is 6.42 Å². The Bertz CT molecular complexity index is 181. The summed E-state index contributed by atoms with van der Waals surface area (Å²) in [5, 5.41) is 0. The van der Waals surface area contributed by atoms with Crippen LogP contribution in [0.25, 0.3) is 0 Å². The van der Waals surface area contributed by atoms with Gasteiger partial charge < -0.3 is 6.15 Å². The molecule has 0 rings (SSSR count). The molecule has 0 aliphatic carbocycles. The van der Waals surface area contributed by atoms with Gasteiger partial charge in [0.1, 0.15) is 0 Å². The first-order chi connectivity index (χ1) is 5.12. The second kappa shape index (κ2) is 7.45. The molecule has 0 aliphatic heterocycles. The Hall–Kier alpha value is -0.200. The normalized spacial score (nSPS) is 10.8. The fourth-order valence-corrected chi connectivity index (χ4v) is 1.36. The Labute approximate surface area is 72.7 Å². The van der Waals surface area contributed by atoms with E-state index in [0.717, 1.165) is 19.3 Å². The van der Waals surface area contributed by atoms with Crippen molar-refractivity contribution in [3.63, 3.8) is 0 Å². The van der Waals surface area contributed by atoms with Crippen molar-refractivity contribution in [1.82, 2.24) is 6.15 Å². The Morgan fingerprint density at radius 3 is 2.25 bits per heavy atom. The lowest BCUT2D eigenvalue weighted by atomic mass is 10.2. The van der Waals surface area contributed by atoms with E-state index < -0.39 is 10.1 Å². The van der Waals surface area contributed by atoms with Crippen molar-refractivity contribution < 1.29 is 17.3 Å². The highest BCUT2D eigenvalue weighted by Gasteiger charge is 2.09. The highest BCUT2D eigenvalue weighted by Crippen LogP contribution is 2.03. The fourth-order valence-electron chi connectivity index (χ4n) is 0.737. The summed E-state index contributed by atoms with van der Waals surface area (Å²) in [6.07, 6.45) is 3.28. The third-order valence-corrected chi connectivity index (χ3v) is 2.32. The van der Waals surface area contributed by atoms with E-state index in [2.05, 4.69) is 4.39 Å². The van der Waals surface area contributed by atoms with E-state index in [1.54, 1.807) is 0 Å². The zero-order valence-corrected chi connectivity index (χ0v) is 8.36. The molecular formula is C6H17FNO3S+. The molecule has 0 radical (unpaired) electrons. The minimum atomic E-state index is -3.87. The standard InChI is InChI=1S/C6H13FO3S.H3N/c1-2-3-4-5-6-11(8,9)10-7;/h2-6H2,1H3;1H3/p+1.